The summed E-state index contributed by atoms with van der Waals surface area (Å²) in [4.78, 5) is 20.9. The number of carbonyl (C=O) groups is 1. The Morgan fingerprint density at radius 2 is 2.04 bits per heavy atom. The zero-order valence-electron chi connectivity index (χ0n) is 13.8. The Morgan fingerprint density at radius 3 is 2.76 bits per heavy atom. The first-order valence-electron chi connectivity index (χ1n) is 7.41. The first-order chi connectivity index (χ1) is 11.9. The van der Waals surface area contributed by atoms with E-state index in [4.69, 9.17) is 0 Å². The van der Waals surface area contributed by atoms with Crippen LogP contribution in [0.4, 0.5) is 14.5 Å². The standard InChI is InChI=1S/C16H15F2N5OS/c1-8-10(9(2)23-15(19-8)21-16(22-23)25-3)7-13(24)20-12-6-4-5-11(17)14(12)18/h4-6H,7H2,1-3H3,(H,20,24). The molecule has 0 aliphatic rings. The summed E-state index contributed by atoms with van der Waals surface area (Å²) in [6.45, 7) is 3.58. The number of hydrogen-bond acceptors (Lipinski definition) is 5. The number of hydrogen-bond donors (Lipinski definition) is 1. The van der Waals surface area contributed by atoms with E-state index < -0.39 is 17.5 Å². The maximum Gasteiger partial charge on any atom is 0.253 e. The number of nitrogens with zero attached hydrogens (tertiary/aromatic N) is 4. The molecule has 130 valence electrons. The number of nitrogens with one attached hydrogen (secondary N) is 1. The number of rotatable bonds is 4. The molecule has 0 aliphatic heterocycles. The van der Waals surface area contributed by atoms with Gasteiger partial charge >= 0.3 is 0 Å². The van der Waals surface area contributed by atoms with Crippen LogP contribution < -0.4 is 5.32 Å². The third-order valence-corrected chi connectivity index (χ3v) is 4.31. The molecule has 0 saturated carbocycles. The molecule has 2 heterocycles. The lowest BCUT2D eigenvalue weighted by Crippen LogP contribution is -2.18. The summed E-state index contributed by atoms with van der Waals surface area (Å²) in [6.07, 6.45) is 1.82. The predicted molar refractivity (Wildman–Crippen MR) is 90.7 cm³/mol. The van der Waals surface area contributed by atoms with Gasteiger partial charge in [0.25, 0.3) is 5.78 Å². The fourth-order valence-corrected chi connectivity index (χ4v) is 2.82. The Morgan fingerprint density at radius 1 is 1.28 bits per heavy atom. The second kappa shape index (κ2) is 6.75. The lowest BCUT2D eigenvalue weighted by atomic mass is 10.1. The number of halogens is 2. The number of fused-ring (bicyclic) bond motifs is 1. The van der Waals surface area contributed by atoms with E-state index in [1.54, 1.807) is 11.4 Å². The molecule has 1 N–H and O–H groups in total. The van der Waals surface area contributed by atoms with E-state index in [0.29, 0.717) is 22.2 Å². The van der Waals surface area contributed by atoms with Crippen molar-refractivity contribution in [3.05, 3.63) is 46.8 Å². The smallest absolute Gasteiger partial charge is 0.253 e. The van der Waals surface area contributed by atoms with E-state index in [1.165, 1.54) is 23.9 Å². The van der Waals surface area contributed by atoms with Crippen LogP contribution in [0.5, 0.6) is 0 Å². The van der Waals surface area contributed by atoms with Gasteiger partial charge in [-0.15, -0.1) is 5.10 Å². The highest BCUT2D eigenvalue weighted by Crippen LogP contribution is 2.19. The molecule has 0 bridgehead atoms. The van der Waals surface area contributed by atoms with Crippen molar-refractivity contribution in [2.24, 2.45) is 0 Å². The van der Waals surface area contributed by atoms with Crippen molar-refractivity contribution in [3.8, 4) is 0 Å². The van der Waals surface area contributed by atoms with Crippen molar-refractivity contribution >= 4 is 29.1 Å². The van der Waals surface area contributed by atoms with Crippen molar-refractivity contribution in [2.75, 3.05) is 11.6 Å². The Balaban J connectivity index is 1.89. The zero-order valence-corrected chi connectivity index (χ0v) is 14.6. The van der Waals surface area contributed by atoms with Crippen molar-refractivity contribution in [3.63, 3.8) is 0 Å². The zero-order chi connectivity index (χ0) is 18.1. The van der Waals surface area contributed by atoms with E-state index in [9.17, 15) is 13.6 Å². The average molecular weight is 363 g/mol. The number of carbonyl (C=O) groups excluding carboxylic acids is 1. The van der Waals surface area contributed by atoms with Gasteiger partial charge in [-0.2, -0.15) is 4.98 Å². The van der Waals surface area contributed by atoms with Crippen LogP contribution in [0.3, 0.4) is 0 Å². The maximum absolute atomic E-state index is 13.7. The number of anilines is 1. The highest BCUT2D eigenvalue weighted by Gasteiger charge is 2.17. The Hall–Kier alpha value is -2.55. The number of benzene rings is 1. The van der Waals surface area contributed by atoms with Gasteiger partial charge in [0.05, 0.1) is 12.1 Å². The third-order valence-electron chi connectivity index (χ3n) is 3.78. The Labute approximate surface area is 146 Å². The number of thioether (sulfide) groups is 1. The molecule has 0 saturated heterocycles. The quantitative estimate of drug-likeness (QED) is 0.722. The van der Waals surface area contributed by atoms with E-state index in [0.717, 1.165) is 11.8 Å². The summed E-state index contributed by atoms with van der Waals surface area (Å²) >= 11 is 1.39. The van der Waals surface area contributed by atoms with Crippen LogP contribution in [0.2, 0.25) is 0 Å². The molecular formula is C16H15F2N5OS. The lowest BCUT2D eigenvalue weighted by Gasteiger charge is -2.11. The fraction of sp³-hybridized carbons (Fsp3) is 0.250. The van der Waals surface area contributed by atoms with Gasteiger partial charge in [0.2, 0.25) is 11.1 Å². The minimum Gasteiger partial charge on any atom is -0.323 e. The van der Waals surface area contributed by atoms with Gasteiger partial charge in [-0.25, -0.2) is 18.3 Å². The summed E-state index contributed by atoms with van der Waals surface area (Å²) < 4.78 is 28.5. The summed E-state index contributed by atoms with van der Waals surface area (Å²) in [5, 5.41) is 7.28. The predicted octanol–water partition coefficient (Wildman–Crippen LogP) is 2.92. The third kappa shape index (κ3) is 3.32. The van der Waals surface area contributed by atoms with Crippen LogP contribution in [0.25, 0.3) is 5.78 Å². The minimum absolute atomic E-state index is 0.0367. The highest BCUT2D eigenvalue weighted by molar-refractivity contribution is 7.98. The molecule has 1 aromatic carbocycles. The average Bonchev–Trinajstić information content (AvgIpc) is 2.99. The van der Waals surface area contributed by atoms with Crippen LogP contribution >= 0.6 is 11.8 Å². The summed E-state index contributed by atoms with van der Waals surface area (Å²) in [6, 6.07) is 3.63. The largest absolute Gasteiger partial charge is 0.323 e. The summed E-state index contributed by atoms with van der Waals surface area (Å²) in [7, 11) is 0. The van der Waals surface area contributed by atoms with Gasteiger partial charge < -0.3 is 5.32 Å². The first kappa shape index (κ1) is 17.3. The molecule has 0 spiro atoms. The molecular weight excluding hydrogens is 348 g/mol. The lowest BCUT2D eigenvalue weighted by molar-refractivity contribution is -0.115. The molecule has 0 aliphatic carbocycles. The molecule has 6 nitrogen and oxygen atoms in total. The molecule has 3 rings (SSSR count). The number of amides is 1. The van der Waals surface area contributed by atoms with Gasteiger partial charge in [-0.3, -0.25) is 4.79 Å². The van der Waals surface area contributed by atoms with Crippen molar-refractivity contribution in [1.29, 1.82) is 0 Å². The second-order valence-electron chi connectivity index (χ2n) is 5.40. The highest BCUT2D eigenvalue weighted by atomic mass is 32.2. The van der Waals surface area contributed by atoms with E-state index in [1.807, 2.05) is 13.2 Å². The normalized spacial score (nSPS) is 11.1. The Kier molecular flexibility index (Phi) is 4.67. The van der Waals surface area contributed by atoms with Crippen molar-refractivity contribution in [2.45, 2.75) is 25.4 Å². The minimum atomic E-state index is -1.08. The molecule has 0 fully saturated rings. The fourth-order valence-electron chi connectivity index (χ4n) is 2.49. The van der Waals surface area contributed by atoms with Gasteiger partial charge in [-0.1, -0.05) is 17.8 Å². The van der Waals surface area contributed by atoms with Crippen LogP contribution in [-0.4, -0.2) is 31.7 Å². The number of aromatic nitrogens is 4. The SMILES string of the molecule is CSc1nc2nc(C)c(CC(=O)Nc3cccc(F)c3F)c(C)n2n1. The van der Waals surface area contributed by atoms with E-state index >= 15 is 0 Å². The molecule has 9 heteroatoms. The Bertz CT molecular complexity index is 973. The van der Waals surface area contributed by atoms with Crippen molar-refractivity contribution in [1.82, 2.24) is 19.6 Å². The number of aryl methyl sites for hydroxylation is 2. The summed E-state index contributed by atoms with van der Waals surface area (Å²) in [5.41, 5.74) is 1.84. The molecule has 3 aromatic rings. The monoisotopic (exact) mass is 363 g/mol. The molecule has 25 heavy (non-hydrogen) atoms. The van der Waals surface area contributed by atoms with Crippen LogP contribution in [0.15, 0.2) is 23.4 Å². The molecule has 2 aromatic heterocycles. The van der Waals surface area contributed by atoms with Crippen LogP contribution in [0.1, 0.15) is 17.0 Å². The van der Waals surface area contributed by atoms with E-state index in [-0.39, 0.29) is 12.1 Å². The van der Waals surface area contributed by atoms with Crippen molar-refractivity contribution < 1.29 is 13.6 Å². The van der Waals surface area contributed by atoms with Gasteiger partial charge in [0.15, 0.2) is 11.6 Å². The molecule has 1 amide bonds. The summed E-state index contributed by atoms with van der Waals surface area (Å²) in [5.74, 6) is -2.11. The molecule has 0 atom stereocenters. The molecule has 0 unspecified atom stereocenters. The first-order valence-corrected chi connectivity index (χ1v) is 8.64. The van der Waals surface area contributed by atoms with Gasteiger partial charge in [-0.05, 0) is 32.2 Å². The maximum atomic E-state index is 13.7. The second-order valence-corrected chi connectivity index (χ2v) is 6.17. The van der Waals surface area contributed by atoms with Gasteiger partial charge in [0, 0.05) is 17.0 Å². The van der Waals surface area contributed by atoms with Crippen LogP contribution in [0, 0.1) is 25.5 Å². The topological polar surface area (TPSA) is 72.2 Å². The van der Waals surface area contributed by atoms with Crippen LogP contribution in [-0.2, 0) is 11.2 Å². The van der Waals surface area contributed by atoms with E-state index in [2.05, 4.69) is 20.4 Å². The van der Waals surface area contributed by atoms with Gasteiger partial charge in [0.1, 0.15) is 0 Å². The molecule has 0 radical (unpaired) electrons.